The van der Waals surface area contributed by atoms with E-state index < -0.39 is 0 Å². The molecule has 0 saturated heterocycles. The van der Waals surface area contributed by atoms with Gasteiger partial charge in [-0.2, -0.15) is 5.10 Å². The fourth-order valence-electron chi connectivity index (χ4n) is 1.67. The van der Waals surface area contributed by atoms with Crippen molar-refractivity contribution in [2.24, 2.45) is 0 Å². The highest BCUT2D eigenvalue weighted by Crippen LogP contribution is 2.23. The summed E-state index contributed by atoms with van der Waals surface area (Å²) in [6.45, 7) is 4.53. The number of aromatic nitrogens is 3. The van der Waals surface area contributed by atoms with E-state index in [9.17, 15) is 0 Å². The first-order valence-corrected chi connectivity index (χ1v) is 6.10. The van der Waals surface area contributed by atoms with Crippen LogP contribution in [0.3, 0.4) is 0 Å². The van der Waals surface area contributed by atoms with Gasteiger partial charge in [-0.3, -0.25) is 0 Å². The Bertz CT molecular complexity index is 537. The van der Waals surface area contributed by atoms with E-state index in [0.717, 1.165) is 27.4 Å². The normalized spacial score (nSPS) is 10.6. The minimum Gasteiger partial charge on any atom is -0.497 e. The summed E-state index contributed by atoms with van der Waals surface area (Å²) in [6.07, 6.45) is 0. The molecular formula is C12H14BrN3O. The number of halogens is 1. The van der Waals surface area contributed by atoms with Gasteiger partial charge in [0.15, 0.2) is 0 Å². The van der Waals surface area contributed by atoms with Crippen LogP contribution < -0.4 is 4.74 Å². The van der Waals surface area contributed by atoms with E-state index >= 15 is 0 Å². The Morgan fingerprint density at radius 3 is 2.71 bits per heavy atom. The summed E-state index contributed by atoms with van der Waals surface area (Å²) >= 11 is 3.53. The van der Waals surface area contributed by atoms with E-state index in [1.807, 2.05) is 36.7 Å². The Labute approximate surface area is 109 Å². The van der Waals surface area contributed by atoms with E-state index in [2.05, 4.69) is 26.0 Å². The van der Waals surface area contributed by atoms with Crippen molar-refractivity contribution >= 4 is 15.9 Å². The van der Waals surface area contributed by atoms with Gasteiger partial charge in [0, 0.05) is 4.47 Å². The van der Waals surface area contributed by atoms with E-state index in [1.165, 1.54) is 0 Å². The Hall–Kier alpha value is -1.36. The zero-order valence-electron chi connectivity index (χ0n) is 10.1. The van der Waals surface area contributed by atoms with Crippen molar-refractivity contribution in [1.82, 2.24) is 14.8 Å². The van der Waals surface area contributed by atoms with Gasteiger partial charge in [0.2, 0.25) is 0 Å². The van der Waals surface area contributed by atoms with Gasteiger partial charge < -0.3 is 4.74 Å². The van der Waals surface area contributed by atoms with Crippen LogP contribution in [-0.4, -0.2) is 21.9 Å². The van der Waals surface area contributed by atoms with E-state index in [4.69, 9.17) is 4.74 Å². The van der Waals surface area contributed by atoms with Crippen LogP contribution in [0.1, 0.15) is 17.2 Å². The highest BCUT2D eigenvalue weighted by Gasteiger charge is 2.07. The molecular weight excluding hydrogens is 282 g/mol. The lowest BCUT2D eigenvalue weighted by atomic mass is 10.2. The standard InChI is InChI=1S/C12H14BrN3O/c1-8-14-9(2)16(15-8)7-10-6-11(17-3)4-5-12(10)13/h4-6H,7H2,1-3H3. The number of ether oxygens (including phenoxy) is 1. The van der Waals surface area contributed by atoms with Gasteiger partial charge in [0.05, 0.1) is 13.7 Å². The lowest BCUT2D eigenvalue weighted by Gasteiger charge is -2.08. The topological polar surface area (TPSA) is 39.9 Å². The van der Waals surface area contributed by atoms with Gasteiger partial charge in [-0.25, -0.2) is 9.67 Å². The minimum absolute atomic E-state index is 0.685. The molecule has 0 saturated carbocycles. The molecule has 0 amide bonds. The van der Waals surface area contributed by atoms with Crippen molar-refractivity contribution in [2.75, 3.05) is 7.11 Å². The van der Waals surface area contributed by atoms with Crippen molar-refractivity contribution in [3.8, 4) is 5.75 Å². The van der Waals surface area contributed by atoms with Gasteiger partial charge in [0.1, 0.15) is 17.4 Å². The molecule has 2 rings (SSSR count). The molecule has 0 N–H and O–H groups in total. The SMILES string of the molecule is COc1ccc(Br)c(Cn2nc(C)nc2C)c1. The maximum atomic E-state index is 5.22. The van der Waals surface area contributed by atoms with Crippen LogP contribution in [0, 0.1) is 13.8 Å². The summed E-state index contributed by atoms with van der Waals surface area (Å²) in [4.78, 5) is 4.28. The molecule has 1 aromatic carbocycles. The third-order valence-electron chi connectivity index (χ3n) is 2.54. The van der Waals surface area contributed by atoms with Gasteiger partial charge in [-0.15, -0.1) is 0 Å². The smallest absolute Gasteiger partial charge is 0.147 e. The molecule has 0 aliphatic rings. The molecule has 0 atom stereocenters. The third-order valence-corrected chi connectivity index (χ3v) is 3.31. The number of hydrogen-bond donors (Lipinski definition) is 0. The summed E-state index contributed by atoms with van der Waals surface area (Å²) in [6, 6.07) is 5.90. The van der Waals surface area contributed by atoms with E-state index in [-0.39, 0.29) is 0 Å². The number of rotatable bonds is 3. The summed E-state index contributed by atoms with van der Waals surface area (Å²) in [5.74, 6) is 2.55. The van der Waals surface area contributed by atoms with E-state index in [0.29, 0.717) is 6.54 Å². The van der Waals surface area contributed by atoms with Gasteiger partial charge >= 0.3 is 0 Å². The predicted octanol–water partition coefficient (Wildman–Crippen LogP) is 2.71. The Balaban J connectivity index is 2.32. The fourth-order valence-corrected chi connectivity index (χ4v) is 2.04. The van der Waals surface area contributed by atoms with Crippen molar-refractivity contribution < 1.29 is 4.74 Å². The van der Waals surface area contributed by atoms with Crippen molar-refractivity contribution in [2.45, 2.75) is 20.4 Å². The molecule has 0 fully saturated rings. The fraction of sp³-hybridized carbons (Fsp3) is 0.333. The molecule has 1 heterocycles. The lowest BCUT2D eigenvalue weighted by Crippen LogP contribution is -2.05. The molecule has 0 spiro atoms. The maximum Gasteiger partial charge on any atom is 0.147 e. The number of hydrogen-bond acceptors (Lipinski definition) is 3. The second kappa shape index (κ2) is 4.87. The predicted molar refractivity (Wildman–Crippen MR) is 69.3 cm³/mol. The molecule has 1 aromatic heterocycles. The molecule has 2 aromatic rings. The van der Waals surface area contributed by atoms with Crippen LogP contribution in [0.25, 0.3) is 0 Å². The summed E-state index contributed by atoms with van der Waals surface area (Å²) < 4.78 is 8.15. The maximum absolute atomic E-state index is 5.22. The number of nitrogens with zero attached hydrogens (tertiary/aromatic N) is 3. The molecule has 0 aliphatic carbocycles. The quantitative estimate of drug-likeness (QED) is 0.874. The molecule has 0 aliphatic heterocycles. The molecule has 4 nitrogen and oxygen atoms in total. The molecule has 90 valence electrons. The second-order valence-electron chi connectivity index (χ2n) is 3.82. The van der Waals surface area contributed by atoms with Crippen LogP contribution in [0.2, 0.25) is 0 Å². The highest BCUT2D eigenvalue weighted by atomic mass is 79.9. The molecule has 0 bridgehead atoms. The summed E-state index contributed by atoms with van der Waals surface area (Å²) in [5.41, 5.74) is 1.12. The van der Waals surface area contributed by atoms with Crippen LogP contribution >= 0.6 is 15.9 Å². The zero-order valence-corrected chi connectivity index (χ0v) is 11.7. The highest BCUT2D eigenvalue weighted by molar-refractivity contribution is 9.10. The number of benzene rings is 1. The molecule has 17 heavy (non-hydrogen) atoms. The van der Waals surface area contributed by atoms with E-state index in [1.54, 1.807) is 7.11 Å². The Morgan fingerprint density at radius 2 is 2.12 bits per heavy atom. The minimum atomic E-state index is 0.685. The number of aryl methyl sites for hydroxylation is 2. The van der Waals surface area contributed by atoms with Crippen molar-refractivity contribution in [3.63, 3.8) is 0 Å². The van der Waals surface area contributed by atoms with Crippen LogP contribution in [-0.2, 0) is 6.54 Å². The zero-order chi connectivity index (χ0) is 12.4. The molecule has 5 heteroatoms. The first-order valence-electron chi connectivity index (χ1n) is 5.30. The first kappa shape index (κ1) is 12.1. The second-order valence-corrected chi connectivity index (χ2v) is 4.68. The first-order chi connectivity index (χ1) is 8.10. The van der Waals surface area contributed by atoms with Gasteiger partial charge in [0.25, 0.3) is 0 Å². The lowest BCUT2D eigenvalue weighted by molar-refractivity contribution is 0.414. The largest absolute Gasteiger partial charge is 0.497 e. The van der Waals surface area contributed by atoms with Crippen molar-refractivity contribution in [3.05, 3.63) is 39.9 Å². The molecule has 0 unspecified atom stereocenters. The Morgan fingerprint density at radius 1 is 1.35 bits per heavy atom. The average Bonchev–Trinajstić information content (AvgIpc) is 2.60. The average molecular weight is 296 g/mol. The van der Waals surface area contributed by atoms with Crippen molar-refractivity contribution in [1.29, 1.82) is 0 Å². The monoisotopic (exact) mass is 295 g/mol. The van der Waals surface area contributed by atoms with Crippen LogP contribution in [0.5, 0.6) is 5.75 Å². The van der Waals surface area contributed by atoms with Gasteiger partial charge in [-0.1, -0.05) is 15.9 Å². The summed E-state index contributed by atoms with van der Waals surface area (Å²) in [5, 5.41) is 4.35. The third kappa shape index (κ3) is 2.66. The summed E-state index contributed by atoms with van der Waals surface area (Å²) in [7, 11) is 1.66. The Kier molecular flexibility index (Phi) is 3.47. The van der Waals surface area contributed by atoms with Crippen LogP contribution in [0.4, 0.5) is 0 Å². The molecule has 0 radical (unpaired) electrons. The van der Waals surface area contributed by atoms with Crippen LogP contribution in [0.15, 0.2) is 22.7 Å². The number of methoxy groups -OCH3 is 1. The van der Waals surface area contributed by atoms with Gasteiger partial charge in [-0.05, 0) is 37.6 Å².